The Morgan fingerprint density at radius 1 is 1.03 bits per heavy atom. The number of ether oxygens (including phenoxy) is 1. The summed E-state index contributed by atoms with van der Waals surface area (Å²) in [6.07, 6.45) is 3.64. The fourth-order valence-corrected chi connectivity index (χ4v) is 4.97. The molecule has 1 aromatic heterocycles. The SMILES string of the molecule is COc1ccc(-n2ncc(C(=O)N3CCN(c4ccccc4F)CC3)c2C2CCNCC2)cc1. The number of rotatable bonds is 5. The van der Waals surface area contributed by atoms with Gasteiger partial charge < -0.3 is 19.9 Å². The van der Waals surface area contributed by atoms with Gasteiger partial charge in [-0.25, -0.2) is 9.07 Å². The molecule has 0 spiro atoms. The van der Waals surface area contributed by atoms with Crippen LogP contribution < -0.4 is 15.0 Å². The summed E-state index contributed by atoms with van der Waals surface area (Å²) in [5, 5.41) is 8.07. The first kappa shape index (κ1) is 22.4. The number of anilines is 1. The number of carbonyl (C=O) groups is 1. The average molecular weight is 464 g/mol. The Morgan fingerprint density at radius 3 is 2.41 bits per heavy atom. The molecule has 2 aromatic carbocycles. The normalized spacial score (nSPS) is 17.1. The van der Waals surface area contributed by atoms with Gasteiger partial charge in [0.2, 0.25) is 0 Å². The molecule has 178 valence electrons. The van der Waals surface area contributed by atoms with Crippen molar-refractivity contribution in [1.29, 1.82) is 0 Å². The van der Waals surface area contributed by atoms with E-state index in [9.17, 15) is 9.18 Å². The summed E-state index contributed by atoms with van der Waals surface area (Å²) in [6.45, 7) is 4.14. The van der Waals surface area contributed by atoms with E-state index in [1.165, 1.54) is 6.07 Å². The third kappa shape index (κ3) is 4.37. The molecule has 0 saturated carbocycles. The minimum atomic E-state index is -0.226. The zero-order valence-corrected chi connectivity index (χ0v) is 19.4. The van der Waals surface area contributed by atoms with Crippen LogP contribution >= 0.6 is 0 Å². The second kappa shape index (κ2) is 9.85. The highest BCUT2D eigenvalue weighted by atomic mass is 19.1. The molecule has 8 heteroatoms. The van der Waals surface area contributed by atoms with E-state index in [0.29, 0.717) is 37.4 Å². The number of benzene rings is 2. The third-order valence-corrected chi connectivity index (χ3v) is 6.84. The molecule has 1 amide bonds. The Hall–Kier alpha value is -3.39. The van der Waals surface area contributed by atoms with Crippen LogP contribution in [0, 0.1) is 5.82 Å². The zero-order chi connectivity index (χ0) is 23.5. The number of nitrogens with one attached hydrogen (secondary N) is 1. The van der Waals surface area contributed by atoms with Gasteiger partial charge in [-0.15, -0.1) is 0 Å². The maximum atomic E-state index is 14.2. The Kier molecular flexibility index (Phi) is 6.49. The number of hydrogen-bond acceptors (Lipinski definition) is 5. The van der Waals surface area contributed by atoms with Crippen LogP contribution in [0.2, 0.25) is 0 Å². The molecule has 3 heterocycles. The molecule has 0 radical (unpaired) electrons. The van der Waals surface area contributed by atoms with E-state index >= 15 is 0 Å². The quantitative estimate of drug-likeness (QED) is 0.628. The van der Waals surface area contributed by atoms with Crippen LogP contribution in [0.3, 0.4) is 0 Å². The van der Waals surface area contributed by atoms with Crippen molar-refractivity contribution in [2.45, 2.75) is 18.8 Å². The lowest BCUT2D eigenvalue weighted by Gasteiger charge is -2.36. The van der Waals surface area contributed by atoms with Crippen LogP contribution in [0.4, 0.5) is 10.1 Å². The highest BCUT2D eigenvalue weighted by Crippen LogP contribution is 2.32. The first-order valence-electron chi connectivity index (χ1n) is 11.9. The van der Waals surface area contributed by atoms with Crippen LogP contribution in [0.5, 0.6) is 5.75 Å². The summed E-state index contributed by atoms with van der Waals surface area (Å²) in [5.74, 6) is 0.811. The largest absolute Gasteiger partial charge is 0.497 e. The summed E-state index contributed by atoms with van der Waals surface area (Å²) in [7, 11) is 1.64. The second-order valence-corrected chi connectivity index (χ2v) is 8.81. The van der Waals surface area contributed by atoms with Crippen molar-refractivity contribution in [3.8, 4) is 11.4 Å². The average Bonchev–Trinajstić information content (AvgIpc) is 3.34. The first-order valence-corrected chi connectivity index (χ1v) is 11.9. The lowest BCUT2D eigenvalue weighted by molar-refractivity contribution is 0.0744. The maximum Gasteiger partial charge on any atom is 0.257 e. The number of para-hydroxylation sites is 1. The fourth-order valence-electron chi connectivity index (χ4n) is 4.97. The van der Waals surface area contributed by atoms with Gasteiger partial charge in [-0.3, -0.25) is 4.79 Å². The van der Waals surface area contributed by atoms with Crippen molar-refractivity contribution in [1.82, 2.24) is 20.0 Å². The number of piperazine rings is 1. The molecule has 2 saturated heterocycles. The molecule has 0 bridgehead atoms. The van der Waals surface area contributed by atoms with Crippen molar-refractivity contribution < 1.29 is 13.9 Å². The Morgan fingerprint density at radius 2 is 1.74 bits per heavy atom. The highest BCUT2D eigenvalue weighted by Gasteiger charge is 2.31. The van der Waals surface area contributed by atoms with Gasteiger partial charge in [0.25, 0.3) is 5.91 Å². The molecular formula is C26H30FN5O2. The number of nitrogens with zero attached hydrogens (tertiary/aromatic N) is 4. The predicted molar refractivity (Wildman–Crippen MR) is 129 cm³/mol. The molecule has 2 aliphatic heterocycles. The van der Waals surface area contributed by atoms with Gasteiger partial charge in [0, 0.05) is 32.1 Å². The van der Waals surface area contributed by atoms with Crippen LogP contribution in [-0.4, -0.2) is 67.0 Å². The number of methoxy groups -OCH3 is 1. The molecule has 0 unspecified atom stereocenters. The monoisotopic (exact) mass is 463 g/mol. The Balaban J connectivity index is 1.40. The summed E-state index contributed by atoms with van der Waals surface area (Å²) < 4.78 is 21.4. The van der Waals surface area contributed by atoms with E-state index in [0.717, 1.165) is 43.1 Å². The second-order valence-electron chi connectivity index (χ2n) is 8.81. The van der Waals surface area contributed by atoms with E-state index in [2.05, 4.69) is 10.4 Å². The third-order valence-electron chi connectivity index (χ3n) is 6.84. The molecule has 34 heavy (non-hydrogen) atoms. The topological polar surface area (TPSA) is 62.6 Å². The molecule has 1 N–H and O–H groups in total. The summed E-state index contributed by atoms with van der Waals surface area (Å²) in [4.78, 5) is 17.5. The lowest BCUT2D eigenvalue weighted by Crippen LogP contribution is -2.49. The molecule has 7 nitrogen and oxygen atoms in total. The molecule has 0 atom stereocenters. The number of carbonyl (C=O) groups excluding carboxylic acids is 1. The van der Waals surface area contributed by atoms with Crippen molar-refractivity contribution >= 4 is 11.6 Å². The molecule has 2 fully saturated rings. The van der Waals surface area contributed by atoms with E-state index in [1.54, 1.807) is 25.4 Å². The van der Waals surface area contributed by atoms with E-state index in [-0.39, 0.29) is 17.6 Å². The molecule has 5 rings (SSSR count). The van der Waals surface area contributed by atoms with Gasteiger partial charge >= 0.3 is 0 Å². The van der Waals surface area contributed by atoms with Gasteiger partial charge in [-0.05, 0) is 62.3 Å². The van der Waals surface area contributed by atoms with E-state index < -0.39 is 0 Å². The molecule has 2 aliphatic rings. The van der Waals surface area contributed by atoms with Gasteiger partial charge in [0.1, 0.15) is 11.6 Å². The number of piperidine rings is 1. The van der Waals surface area contributed by atoms with E-state index in [1.807, 2.05) is 44.8 Å². The summed E-state index contributed by atoms with van der Waals surface area (Å²) in [5.41, 5.74) is 3.16. The smallest absolute Gasteiger partial charge is 0.257 e. The lowest BCUT2D eigenvalue weighted by atomic mass is 9.91. The minimum Gasteiger partial charge on any atom is -0.497 e. The van der Waals surface area contributed by atoms with Gasteiger partial charge in [0.05, 0.1) is 35.9 Å². The summed E-state index contributed by atoms with van der Waals surface area (Å²) >= 11 is 0. The van der Waals surface area contributed by atoms with Crippen molar-refractivity contribution in [2.75, 3.05) is 51.3 Å². The van der Waals surface area contributed by atoms with Crippen LogP contribution in [0.25, 0.3) is 5.69 Å². The maximum absolute atomic E-state index is 14.2. The van der Waals surface area contributed by atoms with Crippen molar-refractivity contribution in [3.63, 3.8) is 0 Å². The standard InChI is InChI=1S/C26H30FN5O2/c1-34-21-8-6-20(7-9-21)32-25(19-10-12-28-13-11-19)22(18-29-32)26(33)31-16-14-30(15-17-31)24-5-3-2-4-23(24)27/h2-9,18-19,28H,10-17H2,1H3. The molecule has 0 aliphatic carbocycles. The van der Waals surface area contributed by atoms with E-state index in [4.69, 9.17) is 4.74 Å². The fraction of sp³-hybridized carbons (Fsp3) is 0.385. The summed E-state index contributed by atoms with van der Waals surface area (Å²) in [6, 6.07) is 14.6. The number of halogens is 1. The molecular weight excluding hydrogens is 433 g/mol. The number of amides is 1. The van der Waals surface area contributed by atoms with Crippen LogP contribution in [0.15, 0.2) is 54.7 Å². The molecule has 3 aromatic rings. The van der Waals surface area contributed by atoms with Crippen molar-refractivity contribution in [2.24, 2.45) is 0 Å². The van der Waals surface area contributed by atoms with Crippen LogP contribution in [-0.2, 0) is 0 Å². The first-order chi connectivity index (χ1) is 16.7. The highest BCUT2D eigenvalue weighted by molar-refractivity contribution is 5.95. The van der Waals surface area contributed by atoms with Gasteiger partial charge in [-0.2, -0.15) is 5.10 Å². The Bertz CT molecular complexity index is 1130. The van der Waals surface area contributed by atoms with Crippen molar-refractivity contribution in [3.05, 3.63) is 71.8 Å². The van der Waals surface area contributed by atoms with Crippen LogP contribution in [0.1, 0.15) is 34.8 Å². The zero-order valence-electron chi connectivity index (χ0n) is 19.4. The minimum absolute atomic E-state index is 0.00137. The Labute approximate surface area is 199 Å². The van der Waals surface area contributed by atoms with Gasteiger partial charge in [-0.1, -0.05) is 12.1 Å². The predicted octanol–water partition coefficient (Wildman–Crippen LogP) is 3.45. The number of hydrogen-bond donors (Lipinski definition) is 1. The van der Waals surface area contributed by atoms with Gasteiger partial charge in [0.15, 0.2) is 0 Å². The number of aromatic nitrogens is 2.